The van der Waals surface area contributed by atoms with E-state index in [0.717, 1.165) is 52.3 Å². The van der Waals surface area contributed by atoms with E-state index in [1.54, 1.807) is 0 Å². The molecule has 206 valence electrons. The molecule has 0 saturated carbocycles. The number of aryl methyl sites for hydroxylation is 1. The zero-order valence-electron chi connectivity index (χ0n) is 22.6. The summed E-state index contributed by atoms with van der Waals surface area (Å²) >= 11 is 0. The Labute approximate surface area is 230 Å². The van der Waals surface area contributed by atoms with E-state index in [1.807, 2.05) is 18.2 Å². The lowest BCUT2D eigenvalue weighted by Crippen LogP contribution is -2.15. The first-order chi connectivity index (χ1) is 18.7. The lowest BCUT2D eigenvalue weighted by molar-refractivity contribution is -0.141. The fourth-order valence-electron chi connectivity index (χ4n) is 5.33. The summed E-state index contributed by atoms with van der Waals surface area (Å²) in [4.78, 5) is 11.7. The Morgan fingerprint density at radius 3 is 2.62 bits per heavy atom. The quantitative estimate of drug-likeness (QED) is 0.240. The maximum Gasteiger partial charge on any atom is 0.306 e. The molecule has 0 saturated heterocycles. The van der Waals surface area contributed by atoms with Gasteiger partial charge >= 0.3 is 5.97 Å². The van der Waals surface area contributed by atoms with Gasteiger partial charge in [-0.1, -0.05) is 24.3 Å². The minimum atomic E-state index is -2.98. The summed E-state index contributed by atoms with van der Waals surface area (Å²) in [5, 5.41) is 0. The van der Waals surface area contributed by atoms with Crippen molar-refractivity contribution in [3.05, 3.63) is 76.3 Å². The smallest absolute Gasteiger partial charge is 0.306 e. The van der Waals surface area contributed by atoms with Gasteiger partial charge in [-0.3, -0.25) is 4.79 Å². The number of sulfone groups is 1. The molecule has 5 rings (SSSR count). The van der Waals surface area contributed by atoms with Crippen LogP contribution < -0.4 is 14.2 Å². The first-order valence-electron chi connectivity index (χ1n) is 13.2. The molecule has 1 unspecified atom stereocenters. The second kappa shape index (κ2) is 11.3. The molecule has 1 aliphatic carbocycles. The van der Waals surface area contributed by atoms with E-state index in [1.165, 1.54) is 30.1 Å². The Bertz CT molecular complexity index is 1490. The molecular weight excluding hydrogens is 516 g/mol. The van der Waals surface area contributed by atoms with Crippen molar-refractivity contribution in [1.29, 1.82) is 0 Å². The molecule has 0 bridgehead atoms. The summed E-state index contributed by atoms with van der Waals surface area (Å²) in [6, 6.07) is 16.3. The minimum absolute atomic E-state index is 0.00309. The molecule has 3 aromatic carbocycles. The zero-order valence-corrected chi connectivity index (χ0v) is 23.4. The van der Waals surface area contributed by atoms with Crippen molar-refractivity contribution in [2.45, 2.75) is 45.1 Å². The highest BCUT2D eigenvalue weighted by Gasteiger charge is 2.27. The van der Waals surface area contributed by atoms with Crippen LogP contribution in [0, 0.1) is 6.92 Å². The number of carbonyl (C=O) groups is 1. The predicted octanol–water partition coefficient (Wildman–Crippen LogP) is 5.19. The number of benzene rings is 3. The highest BCUT2D eigenvalue weighted by molar-refractivity contribution is 7.90. The average molecular weight is 551 g/mol. The van der Waals surface area contributed by atoms with Crippen LogP contribution in [0.2, 0.25) is 0 Å². The zero-order chi connectivity index (χ0) is 27.6. The van der Waals surface area contributed by atoms with Crippen molar-refractivity contribution < 1.29 is 32.2 Å². The van der Waals surface area contributed by atoms with E-state index in [2.05, 4.69) is 37.3 Å². The van der Waals surface area contributed by atoms with Crippen LogP contribution in [0.5, 0.6) is 17.2 Å². The number of rotatable bonds is 11. The molecule has 1 heterocycles. The van der Waals surface area contributed by atoms with Gasteiger partial charge in [-0.05, 0) is 77.8 Å². The highest BCUT2D eigenvalue weighted by atomic mass is 32.2. The molecule has 0 spiro atoms. The normalized spacial score (nSPS) is 15.5. The Hall–Kier alpha value is -3.52. The Kier molecular flexibility index (Phi) is 7.84. The molecule has 0 radical (unpaired) electrons. The van der Waals surface area contributed by atoms with Gasteiger partial charge in [0.1, 0.15) is 33.7 Å². The highest BCUT2D eigenvalue weighted by Crippen LogP contribution is 2.42. The summed E-state index contributed by atoms with van der Waals surface area (Å²) in [5.41, 5.74) is 8.13. The number of methoxy groups -OCH3 is 1. The van der Waals surface area contributed by atoms with Gasteiger partial charge < -0.3 is 18.9 Å². The molecule has 0 N–H and O–H groups in total. The molecule has 0 amide bonds. The third-order valence-corrected chi connectivity index (χ3v) is 8.40. The maximum atomic E-state index is 11.7. The van der Waals surface area contributed by atoms with Crippen LogP contribution in [0.3, 0.4) is 0 Å². The number of carbonyl (C=O) groups excluding carboxylic acids is 1. The molecule has 0 fully saturated rings. The number of esters is 1. The second-order valence-electron chi connectivity index (χ2n) is 10.3. The summed E-state index contributed by atoms with van der Waals surface area (Å²) in [5.74, 6) is 2.24. The molecule has 2 aliphatic rings. The van der Waals surface area contributed by atoms with Crippen LogP contribution in [-0.4, -0.2) is 46.7 Å². The number of hydrogen-bond donors (Lipinski definition) is 0. The van der Waals surface area contributed by atoms with Gasteiger partial charge in [0.25, 0.3) is 0 Å². The SMILES string of the molecule is COC(=O)CC1COc2cc(OCc3cccc(-c4c(C)cc(OCCCS(C)(=O)=O)c5c4CC5)c3)ccc21. The van der Waals surface area contributed by atoms with Gasteiger partial charge in [0.2, 0.25) is 0 Å². The summed E-state index contributed by atoms with van der Waals surface area (Å²) in [6.45, 7) is 3.37. The Morgan fingerprint density at radius 2 is 1.87 bits per heavy atom. The van der Waals surface area contributed by atoms with Gasteiger partial charge in [-0.2, -0.15) is 0 Å². The van der Waals surface area contributed by atoms with Crippen molar-refractivity contribution in [2.24, 2.45) is 0 Å². The Morgan fingerprint density at radius 1 is 1.05 bits per heavy atom. The van der Waals surface area contributed by atoms with Crippen molar-refractivity contribution in [2.75, 3.05) is 32.3 Å². The first kappa shape index (κ1) is 27.1. The summed E-state index contributed by atoms with van der Waals surface area (Å²) in [7, 11) is -1.58. The van der Waals surface area contributed by atoms with Crippen LogP contribution in [0.4, 0.5) is 0 Å². The molecular formula is C31H34O7S. The largest absolute Gasteiger partial charge is 0.493 e. The van der Waals surface area contributed by atoms with Gasteiger partial charge in [0, 0.05) is 23.8 Å². The van der Waals surface area contributed by atoms with Gasteiger partial charge in [0.05, 0.1) is 32.5 Å². The lowest BCUT2D eigenvalue weighted by Gasteiger charge is -2.28. The topological polar surface area (TPSA) is 88.1 Å². The predicted molar refractivity (Wildman–Crippen MR) is 149 cm³/mol. The van der Waals surface area contributed by atoms with Crippen LogP contribution in [0.25, 0.3) is 11.1 Å². The van der Waals surface area contributed by atoms with E-state index in [9.17, 15) is 13.2 Å². The fourth-order valence-corrected chi connectivity index (χ4v) is 5.98. The summed E-state index contributed by atoms with van der Waals surface area (Å²) < 4.78 is 45.5. The van der Waals surface area contributed by atoms with Gasteiger partial charge in [-0.15, -0.1) is 0 Å². The van der Waals surface area contributed by atoms with Crippen molar-refractivity contribution in [3.63, 3.8) is 0 Å². The van der Waals surface area contributed by atoms with Crippen molar-refractivity contribution >= 4 is 15.8 Å². The van der Waals surface area contributed by atoms with E-state index < -0.39 is 9.84 Å². The number of hydrogen-bond acceptors (Lipinski definition) is 7. The fraction of sp³-hybridized carbons (Fsp3) is 0.387. The third kappa shape index (κ3) is 6.22. The third-order valence-electron chi connectivity index (χ3n) is 7.37. The Balaban J connectivity index is 1.26. The van der Waals surface area contributed by atoms with Crippen LogP contribution >= 0.6 is 0 Å². The van der Waals surface area contributed by atoms with Gasteiger partial charge in [-0.25, -0.2) is 8.42 Å². The molecule has 39 heavy (non-hydrogen) atoms. The van der Waals surface area contributed by atoms with E-state index in [4.69, 9.17) is 18.9 Å². The first-order valence-corrected chi connectivity index (χ1v) is 15.3. The van der Waals surface area contributed by atoms with Crippen LogP contribution in [-0.2, 0) is 38.8 Å². The molecule has 7 nitrogen and oxygen atoms in total. The van der Waals surface area contributed by atoms with Crippen LogP contribution in [0.15, 0.2) is 48.5 Å². The summed E-state index contributed by atoms with van der Waals surface area (Å²) in [6.07, 6.45) is 4.01. The van der Waals surface area contributed by atoms with Crippen LogP contribution in [0.1, 0.15) is 46.6 Å². The maximum absolute atomic E-state index is 11.7. The molecule has 8 heteroatoms. The van der Waals surface area contributed by atoms with Gasteiger partial charge in [0.15, 0.2) is 0 Å². The number of ether oxygens (including phenoxy) is 4. The molecule has 0 aromatic heterocycles. The van der Waals surface area contributed by atoms with E-state index in [-0.39, 0.29) is 17.6 Å². The molecule has 1 aliphatic heterocycles. The molecule has 3 aromatic rings. The second-order valence-corrected chi connectivity index (χ2v) is 12.6. The monoisotopic (exact) mass is 550 g/mol. The lowest BCUT2D eigenvalue weighted by atomic mass is 9.79. The standard InChI is InChI=1S/C31H34O7S/c1-20-14-28(36-12-5-13-39(3,33)34)26-10-11-27(26)31(20)22-7-4-6-21(15-22)18-37-24-8-9-25-23(16-30(32)35-2)19-38-29(25)17-24/h4,6-9,14-15,17,23H,5,10-13,16,18-19H2,1-3H3. The van der Waals surface area contributed by atoms with E-state index in [0.29, 0.717) is 32.7 Å². The number of fused-ring (bicyclic) bond motifs is 2. The average Bonchev–Trinajstić information content (AvgIpc) is 3.28. The van der Waals surface area contributed by atoms with E-state index >= 15 is 0 Å². The molecule has 1 atom stereocenters. The van der Waals surface area contributed by atoms with Crippen molar-refractivity contribution in [1.82, 2.24) is 0 Å². The van der Waals surface area contributed by atoms with Crippen molar-refractivity contribution in [3.8, 4) is 28.4 Å². The minimum Gasteiger partial charge on any atom is -0.493 e.